The lowest BCUT2D eigenvalue weighted by Gasteiger charge is -2.19. The van der Waals surface area contributed by atoms with E-state index in [0.717, 1.165) is 12.2 Å². The SMILES string of the molecule is COc1cccc(OC)c1C(=O)N1CCC(c2ccco2)C1. The Hall–Kier alpha value is -2.43. The van der Waals surface area contributed by atoms with Gasteiger partial charge in [0.15, 0.2) is 0 Å². The van der Waals surface area contributed by atoms with Crippen molar-refractivity contribution in [2.24, 2.45) is 0 Å². The molecule has 1 aromatic heterocycles. The molecule has 0 bridgehead atoms. The number of hydrogen-bond acceptors (Lipinski definition) is 4. The van der Waals surface area contributed by atoms with Gasteiger partial charge in [-0.25, -0.2) is 0 Å². The molecule has 1 saturated heterocycles. The minimum absolute atomic E-state index is 0.0663. The molecule has 1 fully saturated rings. The van der Waals surface area contributed by atoms with Gasteiger partial charge in [0, 0.05) is 19.0 Å². The normalized spacial score (nSPS) is 17.5. The molecule has 0 saturated carbocycles. The standard InChI is InChI=1S/C17H19NO4/c1-20-14-5-3-6-15(21-2)16(14)17(19)18-9-8-12(11-18)13-7-4-10-22-13/h3-7,10,12H,8-9,11H2,1-2H3. The summed E-state index contributed by atoms with van der Waals surface area (Å²) in [6.07, 6.45) is 2.57. The molecule has 0 N–H and O–H groups in total. The maximum absolute atomic E-state index is 12.9. The molecule has 1 amide bonds. The van der Waals surface area contributed by atoms with Crippen LogP contribution in [0.3, 0.4) is 0 Å². The van der Waals surface area contributed by atoms with Gasteiger partial charge in [-0.15, -0.1) is 0 Å². The number of carbonyl (C=O) groups excluding carboxylic acids is 1. The zero-order valence-electron chi connectivity index (χ0n) is 12.7. The summed E-state index contributed by atoms with van der Waals surface area (Å²) in [6.45, 7) is 1.35. The fraction of sp³-hybridized carbons (Fsp3) is 0.353. The van der Waals surface area contributed by atoms with E-state index < -0.39 is 0 Å². The summed E-state index contributed by atoms with van der Waals surface area (Å²) in [4.78, 5) is 14.7. The molecule has 1 unspecified atom stereocenters. The van der Waals surface area contributed by atoms with E-state index in [-0.39, 0.29) is 11.8 Å². The van der Waals surface area contributed by atoms with Crippen LogP contribution in [0.25, 0.3) is 0 Å². The Morgan fingerprint density at radius 3 is 2.50 bits per heavy atom. The van der Waals surface area contributed by atoms with Gasteiger partial charge >= 0.3 is 0 Å². The number of ether oxygens (including phenoxy) is 2. The van der Waals surface area contributed by atoms with Crippen LogP contribution in [0.5, 0.6) is 11.5 Å². The van der Waals surface area contributed by atoms with Crippen LogP contribution in [0.4, 0.5) is 0 Å². The summed E-state index contributed by atoms with van der Waals surface area (Å²) in [6, 6.07) is 9.20. The molecule has 5 heteroatoms. The van der Waals surface area contributed by atoms with Crippen molar-refractivity contribution in [1.82, 2.24) is 4.90 Å². The average molecular weight is 301 g/mol. The molecule has 2 heterocycles. The second-order valence-corrected chi connectivity index (χ2v) is 5.29. The van der Waals surface area contributed by atoms with E-state index in [1.165, 1.54) is 0 Å². The van der Waals surface area contributed by atoms with Crippen molar-refractivity contribution in [3.8, 4) is 11.5 Å². The van der Waals surface area contributed by atoms with E-state index in [9.17, 15) is 4.79 Å². The topological polar surface area (TPSA) is 51.9 Å². The van der Waals surface area contributed by atoms with Crippen molar-refractivity contribution in [3.63, 3.8) is 0 Å². The highest BCUT2D eigenvalue weighted by Crippen LogP contribution is 2.33. The molecule has 3 rings (SSSR count). The Morgan fingerprint density at radius 1 is 1.18 bits per heavy atom. The molecular weight excluding hydrogens is 282 g/mol. The lowest BCUT2D eigenvalue weighted by atomic mass is 10.1. The van der Waals surface area contributed by atoms with E-state index in [2.05, 4.69) is 0 Å². The predicted molar refractivity (Wildman–Crippen MR) is 81.5 cm³/mol. The monoisotopic (exact) mass is 301 g/mol. The lowest BCUT2D eigenvalue weighted by Crippen LogP contribution is -2.29. The second-order valence-electron chi connectivity index (χ2n) is 5.29. The smallest absolute Gasteiger partial charge is 0.261 e. The van der Waals surface area contributed by atoms with Gasteiger partial charge in [0.25, 0.3) is 5.91 Å². The predicted octanol–water partition coefficient (Wildman–Crippen LogP) is 2.93. The summed E-state index contributed by atoms with van der Waals surface area (Å²) in [5.41, 5.74) is 0.479. The molecule has 1 aliphatic heterocycles. The Balaban J connectivity index is 1.83. The van der Waals surface area contributed by atoms with E-state index >= 15 is 0 Å². The van der Waals surface area contributed by atoms with Crippen molar-refractivity contribution in [1.29, 1.82) is 0 Å². The number of furan rings is 1. The number of nitrogens with zero attached hydrogens (tertiary/aromatic N) is 1. The van der Waals surface area contributed by atoms with Crippen LogP contribution >= 0.6 is 0 Å². The number of benzene rings is 1. The first-order chi connectivity index (χ1) is 10.7. The van der Waals surface area contributed by atoms with Crippen molar-refractivity contribution >= 4 is 5.91 Å². The van der Waals surface area contributed by atoms with Gasteiger partial charge in [-0.05, 0) is 30.7 Å². The van der Waals surface area contributed by atoms with Crippen molar-refractivity contribution in [2.75, 3.05) is 27.3 Å². The molecule has 0 spiro atoms. The van der Waals surface area contributed by atoms with Crippen LogP contribution in [0.1, 0.15) is 28.5 Å². The number of likely N-dealkylation sites (tertiary alicyclic amines) is 1. The molecule has 2 aromatic rings. The molecule has 5 nitrogen and oxygen atoms in total. The van der Waals surface area contributed by atoms with Crippen molar-refractivity contribution < 1.29 is 18.7 Å². The van der Waals surface area contributed by atoms with Crippen molar-refractivity contribution in [2.45, 2.75) is 12.3 Å². The molecule has 1 atom stereocenters. The van der Waals surface area contributed by atoms with Crippen LogP contribution in [-0.2, 0) is 0 Å². The first kappa shape index (κ1) is 14.5. The summed E-state index contributed by atoms with van der Waals surface area (Å²) in [5, 5.41) is 0. The molecule has 0 aliphatic carbocycles. The summed E-state index contributed by atoms with van der Waals surface area (Å²) in [7, 11) is 3.11. The molecule has 1 aromatic carbocycles. The van der Waals surface area contributed by atoms with Gasteiger partial charge in [-0.3, -0.25) is 4.79 Å². The molecule has 1 aliphatic rings. The van der Waals surface area contributed by atoms with E-state index in [0.29, 0.717) is 30.2 Å². The third-order valence-corrected chi connectivity index (χ3v) is 4.06. The zero-order chi connectivity index (χ0) is 15.5. The summed E-state index contributed by atoms with van der Waals surface area (Å²) >= 11 is 0. The Morgan fingerprint density at radius 2 is 1.91 bits per heavy atom. The van der Waals surface area contributed by atoms with Gasteiger partial charge in [-0.1, -0.05) is 6.07 Å². The van der Waals surface area contributed by atoms with E-state index in [1.807, 2.05) is 23.1 Å². The minimum atomic E-state index is -0.0663. The Kier molecular flexibility index (Phi) is 4.04. The van der Waals surface area contributed by atoms with Crippen molar-refractivity contribution in [3.05, 3.63) is 47.9 Å². The van der Waals surface area contributed by atoms with Gasteiger partial charge in [-0.2, -0.15) is 0 Å². The molecule has 22 heavy (non-hydrogen) atoms. The van der Waals surface area contributed by atoms with Gasteiger partial charge in [0.1, 0.15) is 22.8 Å². The highest BCUT2D eigenvalue weighted by Gasteiger charge is 2.32. The van der Waals surface area contributed by atoms with Crippen LogP contribution in [0, 0.1) is 0 Å². The highest BCUT2D eigenvalue weighted by atomic mass is 16.5. The van der Waals surface area contributed by atoms with Crippen LogP contribution in [-0.4, -0.2) is 38.1 Å². The van der Waals surface area contributed by atoms with E-state index in [4.69, 9.17) is 13.9 Å². The lowest BCUT2D eigenvalue weighted by molar-refractivity contribution is 0.0783. The fourth-order valence-corrected chi connectivity index (χ4v) is 2.92. The average Bonchev–Trinajstić information content (AvgIpc) is 3.23. The van der Waals surface area contributed by atoms with Crippen LogP contribution in [0.2, 0.25) is 0 Å². The maximum Gasteiger partial charge on any atom is 0.261 e. The summed E-state index contributed by atoms with van der Waals surface area (Å²) in [5.74, 6) is 2.18. The molecule has 116 valence electrons. The van der Waals surface area contributed by atoms with Crippen LogP contribution < -0.4 is 9.47 Å². The van der Waals surface area contributed by atoms with Gasteiger partial charge < -0.3 is 18.8 Å². The molecule has 0 radical (unpaired) electrons. The quantitative estimate of drug-likeness (QED) is 0.871. The first-order valence-electron chi connectivity index (χ1n) is 7.28. The number of amides is 1. The largest absolute Gasteiger partial charge is 0.496 e. The number of methoxy groups -OCH3 is 2. The third kappa shape index (κ3) is 2.54. The number of hydrogen-bond donors (Lipinski definition) is 0. The van der Waals surface area contributed by atoms with Gasteiger partial charge in [0.2, 0.25) is 0 Å². The van der Waals surface area contributed by atoms with Gasteiger partial charge in [0.05, 0.1) is 20.5 Å². The summed E-state index contributed by atoms with van der Waals surface area (Å²) < 4.78 is 16.1. The molecular formula is C17H19NO4. The second kappa shape index (κ2) is 6.13. The maximum atomic E-state index is 12.9. The Labute approximate surface area is 129 Å². The highest BCUT2D eigenvalue weighted by molar-refractivity contribution is 6.00. The fourth-order valence-electron chi connectivity index (χ4n) is 2.92. The minimum Gasteiger partial charge on any atom is -0.496 e. The van der Waals surface area contributed by atoms with E-state index in [1.54, 1.807) is 32.6 Å². The van der Waals surface area contributed by atoms with Crippen LogP contribution in [0.15, 0.2) is 41.0 Å². The number of carbonyl (C=O) groups is 1. The zero-order valence-corrected chi connectivity index (χ0v) is 12.7. The first-order valence-corrected chi connectivity index (χ1v) is 7.28. The third-order valence-electron chi connectivity index (χ3n) is 4.06. The Bertz CT molecular complexity index is 628. The number of rotatable bonds is 4.